The summed E-state index contributed by atoms with van der Waals surface area (Å²) in [6.45, 7) is 0.336. The van der Waals surface area contributed by atoms with E-state index in [1.807, 2.05) is 54.6 Å². The van der Waals surface area contributed by atoms with Crippen molar-refractivity contribution in [1.82, 2.24) is 4.72 Å². The summed E-state index contributed by atoms with van der Waals surface area (Å²) < 4.78 is 31.2. The van der Waals surface area contributed by atoms with Crippen LogP contribution in [0, 0.1) is 0 Å². The van der Waals surface area contributed by atoms with Crippen LogP contribution in [0.3, 0.4) is 0 Å². The second kappa shape index (κ2) is 5.72. The Labute approximate surface area is 142 Å². The first-order chi connectivity index (χ1) is 11.6. The van der Waals surface area contributed by atoms with E-state index in [4.69, 9.17) is 0 Å². The van der Waals surface area contributed by atoms with E-state index in [1.54, 1.807) is 0 Å². The van der Waals surface area contributed by atoms with Crippen LogP contribution in [0.1, 0.15) is 24.0 Å². The van der Waals surface area contributed by atoms with Crippen molar-refractivity contribution in [2.45, 2.75) is 24.7 Å². The molecule has 0 atom stereocenters. The SMILES string of the molecule is O=S(=O)(N=C1Nc2ccccc2C12CC2)NCCc1ccccc1. The van der Waals surface area contributed by atoms with Gasteiger partial charge in [-0.05, 0) is 36.5 Å². The number of hydrogen-bond donors (Lipinski definition) is 2. The molecular formula is C18H19N3O2S. The molecule has 2 aromatic rings. The number of anilines is 1. The molecule has 2 aliphatic rings. The lowest BCUT2D eigenvalue weighted by Crippen LogP contribution is -2.28. The van der Waals surface area contributed by atoms with E-state index in [9.17, 15) is 8.42 Å². The number of benzene rings is 2. The first-order valence-corrected chi connectivity index (χ1v) is 9.54. The molecule has 0 aromatic heterocycles. The smallest absolute Gasteiger partial charge is 0.321 e. The zero-order chi connectivity index (χ0) is 16.6. The van der Waals surface area contributed by atoms with Crippen LogP contribution in [0.25, 0.3) is 0 Å². The average Bonchev–Trinajstić information content (AvgIpc) is 3.31. The van der Waals surface area contributed by atoms with Gasteiger partial charge in [0.05, 0.1) is 5.41 Å². The van der Waals surface area contributed by atoms with Crippen LogP contribution in [-0.4, -0.2) is 20.8 Å². The Balaban J connectivity index is 1.47. The number of rotatable bonds is 5. The maximum Gasteiger partial charge on any atom is 0.321 e. The molecule has 0 unspecified atom stereocenters. The molecule has 2 N–H and O–H groups in total. The van der Waals surface area contributed by atoms with Gasteiger partial charge in [-0.2, -0.15) is 13.1 Å². The minimum absolute atomic E-state index is 0.217. The molecule has 1 aliphatic heterocycles. The van der Waals surface area contributed by atoms with Gasteiger partial charge < -0.3 is 5.32 Å². The lowest BCUT2D eigenvalue weighted by atomic mass is 9.98. The van der Waals surface area contributed by atoms with E-state index < -0.39 is 10.2 Å². The minimum Gasteiger partial charge on any atom is -0.342 e. The molecular weight excluding hydrogens is 322 g/mol. The van der Waals surface area contributed by atoms with Gasteiger partial charge in [0.1, 0.15) is 5.84 Å². The molecule has 1 spiro atoms. The number of nitrogens with one attached hydrogen (secondary N) is 2. The van der Waals surface area contributed by atoms with Crippen molar-refractivity contribution >= 4 is 21.7 Å². The number of hydrogen-bond acceptors (Lipinski definition) is 2. The highest BCUT2D eigenvalue weighted by molar-refractivity contribution is 7.88. The van der Waals surface area contributed by atoms with Crippen LogP contribution < -0.4 is 10.0 Å². The van der Waals surface area contributed by atoms with Gasteiger partial charge in [-0.25, -0.2) is 0 Å². The number of amidine groups is 1. The zero-order valence-corrected chi connectivity index (χ0v) is 14.0. The van der Waals surface area contributed by atoms with E-state index in [1.165, 1.54) is 0 Å². The Hall–Kier alpha value is -2.18. The van der Waals surface area contributed by atoms with Crippen molar-refractivity contribution in [2.24, 2.45) is 4.40 Å². The number of nitrogens with zero attached hydrogens (tertiary/aromatic N) is 1. The van der Waals surface area contributed by atoms with Crippen LogP contribution in [0.5, 0.6) is 0 Å². The van der Waals surface area contributed by atoms with Crippen LogP contribution in [-0.2, 0) is 22.0 Å². The van der Waals surface area contributed by atoms with Gasteiger partial charge in [0.15, 0.2) is 0 Å². The van der Waals surface area contributed by atoms with Crippen molar-refractivity contribution in [3.05, 3.63) is 65.7 Å². The molecule has 5 nitrogen and oxygen atoms in total. The second-order valence-electron chi connectivity index (χ2n) is 6.30. The Kier molecular flexibility index (Phi) is 3.66. The standard InChI is InChI=1S/C18H19N3O2S/c22-24(23,19-13-10-14-6-2-1-3-7-14)21-17-18(11-12-18)15-8-4-5-9-16(15)20-17/h1-9,19H,10-13H2,(H,20,21). The monoisotopic (exact) mass is 341 g/mol. The van der Waals surface area contributed by atoms with Gasteiger partial charge >= 0.3 is 10.2 Å². The van der Waals surface area contributed by atoms with E-state index in [0.29, 0.717) is 18.8 Å². The highest BCUT2D eigenvalue weighted by atomic mass is 32.2. The molecule has 1 aliphatic carbocycles. The molecule has 124 valence electrons. The van der Waals surface area contributed by atoms with E-state index in [2.05, 4.69) is 14.4 Å². The molecule has 0 amide bonds. The van der Waals surface area contributed by atoms with Crippen molar-refractivity contribution < 1.29 is 8.42 Å². The topological polar surface area (TPSA) is 70.6 Å². The minimum atomic E-state index is -3.71. The largest absolute Gasteiger partial charge is 0.342 e. The molecule has 6 heteroatoms. The first-order valence-electron chi connectivity index (χ1n) is 8.10. The van der Waals surface area contributed by atoms with Gasteiger partial charge in [-0.1, -0.05) is 48.5 Å². The molecule has 0 bridgehead atoms. The highest BCUT2D eigenvalue weighted by Crippen LogP contribution is 2.55. The van der Waals surface area contributed by atoms with Crippen LogP contribution >= 0.6 is 0 Å². The fourth-order valence-electron chi connectivity index (χ4n) is 3.25. The van der Waals surface area contributed by atoms with Gasteiger partial charge in [0.25, 0.3) is 0 Å². The fraction of sp³-hybridized carbons (Fsp3) is 0.278. The second-order valence-corrected chi connectivity index (χ2v) is 7.72. The maximum absolute atomic E-state index is 12.3. The average molecular weight is 341 g/mol. The molecule has 4 rings (SSSR count). The predicted molar refractivity (Wildman–Crippen MR) is 95.5 cm³/mol. The van der Waals surface area contributed by atoms with Crippen molar-refractivity contribution in [1.29, 1.82) is 0 Å². The summed E-state index contributed by atoms with van der Waals surface area (Å²) in [5, 5.41) is 3.18. The Morgan fingerprint density at radius 2 is 1.75 bits per heavy atom. The summed E-state index contributed by atoms with van der Waals surface area (Å²) >= 11 is 0. The van der Waals surface area contributed by atoms with Crippen molar-refractivity contribution in [3.63, 3.8) is 0 Å². The molecule has 2 aromatic carbocycles. The molecule has 0 saturated heterocycles. The summed E-state index contributed by atoms with van der Waals surface area (Å²) in [7, 11) is -3.71. The summed E-state index contributed by atoms with van der Waals surface area (Å²) in [5.74, 6) is 0.552. The summed E-state index contributed by atoms with van der Waals surface area (Å²) in [6.07, 6.45) is 2.52. The van der Waals surface area contributed by atoms with Crippen molar-refractivity contribution in [3.8, 4) is 0 Å². The molecule has 1 fully saturated rings. The maximum atomic E-state index is 12.3. The van der Waals surface area contributed by atoms with Crippen LogP contribution in [0.15, 0.2) is 59.0 Å². The third-order valence-corrected chi connectivity index (χ3v) is 5.64. The van der Waals surface area contributed by atoms with E-state index >= 15 is 0 Å². The Morgan fingerprint density at radius 3 is 2.50 bits per heavy atom. The van der Waals surface area contributed by atoms with Gasteiger partial charge in [-0.15, -0.1) is 4.40 Å². The number of fused-ring (bicyclic) bond motifs is 2. The highest BCUT2D eigenvalue weighted by Gasteiger charge is 2.54. The Morgan fingerprint density at radius 1 is 1.04 bits per heavy atom. The fourth-order valence-corrected chi connectivity index (χ4v) is 4.13. The van der Waals surface area contributed by atoms with Gasteiger partial charge in [0.2, 0.25) is 0 Å². The van der Waals surface area contributed by atoms with Crippen LogP contribution in [0.4, 0.5) is 5.69 Å². The van der Waals surface area contributed by atoms with Crippen molar-refractivity contribution in [2.75, 3.05) is 11.9 Å². The molecule has 0 radical (unpaired) electrons. The van der Waals surface area contributed by atoms with Gasteiger partial charge in [0, 0.05) is 12.2 Å². The van der Waals surface area contributed by atoms with Crippen LogP contribution in [0.2, 0.25) is 0 Å². The first kappa shape index (κ1) is 15.4. The van der Waals surface area contributed by atoms with Gasteiger partial charge in [-0.3, -0.25) is 0 Å². The lowest BCUT2D eigenvalue weighted by Gasteiger charge is -2.09. The summed E-state index contributed by atoms with van der Waals surface area (Å²) in [5.41, 5.74) is 3.00. The third kappa shape index (κ3) is 2.83. The molecule has 24 heavy (non-hydrogen) atoms. The lowest BCUT2D eigenvalue weighted by molar-refractivity contribution is 0.583. The zero-order valence-electron chi connectivity index (χ0n) is 13.2. The predicted octanol–water partition coefficient (Wildman–Crippen LogP) is 2.62. The third-order valence-electron chi connectivity index (χ3n) is 4.65. The van der Waals surface area contributed by atoms with E-state index in [0.717, 1.165) is 29.7 Å². The molecule has 1 saturated carbocycles. The summed E-state index contributed by atoms with van der Waals surface area (Å²) in [4.78, 5) is 0. The summed E-state index contributed by atoms with van der Waals surface area (Å²) in [6, 6.07) is 17.7. The Bertz CT molecular complexity index is 887. The molecule has 1 heterocycles. The quantitative estimate of drug-likeness (QED) is 0.878. The number of para-hydroxylation sites is 1. The normalized spacial score (nSPS) is 19.2. The van der Waals surface area contributed by atoms with E-state index in [-0.39, 0.29) is 5.41 Å².